The van der Waals surface area contributed by atoms with Crippen LogP contribution in [0.2, 0.25) is 0 Å². The van der Waals surface area contributed by atoms with Gasteiger partial charge in [-0.25, -0.2) is 0 Å². The Labute approximate surface area is 173 Å². The molecule has 1 aromatic rings. The van der Waals surface area contributed by atoms with Gasteiger partial charge < -0.3 is 19.3 Å². The molecule has 1 unspecified atom stereocenters. The lowest BCUT2D eigenvalue weighted by atomic mass is 10.00. The maximum Gasteiger partial charge on any atom is 0.254 e. The fourth-order valence-corrected chi connectivity index (χ4v) is 4.30. The third-order valence-electron chi connectivity index (χ3n) is 6.07. The molecule has 3 rings (SSSR count). The number of piperidine rings is 1. The summed E-state index contributed by atoms with van der Waals surface area (Å²) in [6.07, 6.45) is 4.48. The predicted octanol–water partition coefficient (Wildman–Crippen LogP) is 2.25. The molecule has 2 heterocycles. The summed E-state index contributed by atoms with van der Waals surface area (Å²) in [5, 5.41) is 0. The van der Waals surface area contributed by atoms with Gasteiger partial charge >= 0.3 is 0 Å². The van der Waals surface area contributed by atoms with Crippen LogP contribution >= 0.6 is 0 Å². The second-order valence-electron chi connectivity index (χ2n) is 7.78. The number of piperazine rings is 1. The average molecular weight is 404 g/mol. The number of hydrogen-bond donors (Lipinski definition) is 0. The molecule has 7 nitrogen and oxygen atoms in total. The van der Waals surface area contributed by atoms with E-state index >= 15 is 0 Å². The van der Waals surface area contributed by atoms with Crippen molar-refractivity contribution in [2.45, 2.75) is 38.6 Å². The summed E-state index contributed by atoms with van der Waals surface area (Å²) < 4.78 is 10.5. The smallest absolute Gasteiger partial charge is 0.254 e. The molecule has 2 amide bonds. The summed E-state index contributed by atoms with van der Waals surface area (Å²) in [6.45, 7) is 6.18. The van der Waals surface area contributed by atoms with E-state index in [1.165, 1.54) is 6.42 Å². The van der Waals surface area contributed by atoms with E-state index in [1.807, 2.05) is 4.90 Å². The van der Waals surface area contributed by atoms with Gasteiger partial charge in [-0.05, 0) is 43.9 Å². The van der Waals surface area contributed by atoms with Crippen molar-refractivity contribution >= 4 is 11.8 Å². The first-order valence-electron chi connectivity index (χ1n) is 10.6. The van der Waals surface area contributed by atoms with Gasteiger partial charge in [0.15, 0.2) is 11.5 Å². The zero-order valence-electron chi connectivity index (χ0n) is 17.9. The number of nitrogens with zero attached hydrogens (tertiary/aromatic N) is 3. The summed E-state index contributed by atoms with van der Waals surface area (Å²) in [5.74, 6) is 1.38. The molecule has 0 saturated carbocycles. The number of likely N-dealkylation sites (tertiary alicyclic amines) is 1. The van der Waals surface area contributed by atoms with Crippen LogP contribution in [0.4, 0.5) is 0 Å². The Morgan fingerprint density at radius 3 is 2.38 bits per heavy atom. The summed E-state index contributed by atoms with van der Waals surface area (Å²) in [7, 11) is 3.14. The van der Waals surface area contributed by atoms with Gasteiger partial charge in [0.1, 0.15) is 0 Å². The van der Waals surface area contributed by atoms with Crippen LogP contribution in [0.25, 0.3) is 0 Å². The van der Waals surface area contributed by atoms with E-state index in [4.69, 9.17) is 9.47 Å². The topological polar surface area (TPSA) is 62.3 Å². The molecule has 0 aromatic heterocycles. The SMILES string of the molecule is CCC1CCCCN1C(=O)CN1CCN(C(=O)c2ccc(OC)c(OC)c2)CC1. The van der Waals surface area contributed by atoms with Crippen molar-refractivity contribution < 1.29 is 19.1 Å². The number of carbonyl (C=O) groups excluding carboxylic acids is 2. The molecule has 2 saturated heterocycles. The van der Waals surface area contributed by atoms with Gasteiger partial charge in [0, 0.05) is 44.3 Å². The van der Waals surface area contributed by atoms with E-state index in [0.717, 1.165) is 38.9 Å². The van der Waals surface area contributed by atoms with Gasteiger partial charge in [0.2, 0.25) is 5.91 Å². The highest BCUT2D eigenvalue weighted by molar-refractivity contribution is 5.95. The number of methoxy groups -OCH3 is 2. The number of rotatable bonds is 6. The van der Waals surface area contributed by atoms with Crippen LogP contribution in [0.15, 0.2) is 18.2 Å². The Hall–Kier alpha value is -2.28. The molecule has 2 aliphatic rings. The molecule has 0 radical (unpaired) electrons. The van der Waals surface area contributed by atoms with Gasteiger partial charge in [0.05, 0.1) is 20.8 Å². The van der Waals surface area contributed by atoms with Crippen molar-refractivity contribution in [3.63, 3.8) is 0 Å². The van der Waals surface area contributed by atoms with Crippen LogP contribution in [0.1, 0.15) is 43.0 Å². The number of hydrogen-bond acceptors (Lipinski definition) is 5. The predicted molar refractivity (Wildman–Crippen MR) is 112 cm³/mol. The zero-order chi connectivity index (χ0) is 20.8. The van der Waals surface area contributed by atoms with Crippen LogP contribution in [0.5, 0.6) is 11.5 Å². The molecule has 0 N–H and O–H groups in total. The Balaban J connectivity index is 1.53. The van der Waals surface area contributed by atoms with Crippen LogP contribution in [-0.4, -0.2) is 86.0 Å². The summed E-state index contributed by atoms with van der Waals surface area (Å²) >= 11 is 0. The van der Waals surface area contributed by atoms with Gasteiger partial charge in [-0.1, -0.05) is 6.92 Å². The fraction of sp³-hybridized carbons (Fsp3) is 0.636. The van der Waals surface area contributed by atoms with E-state index < -0.39 is 0 Å². The Bertz CT molecular complexity index is 716. The number of amides is 2. The highest BCUT2D eigenvalue weighted by Gasteiger charge is 2.29. The van der Waals surface area contributed by atoms with Crippen LogP contribution in [-0.2, 0) is 4.79 Å². The van der Waals surface area contributed by atoms with E-state index in [9.17, 15) is 9.59 Å². The maximum atomic E-state index is 12.9. The van der Waals surface area contributed by atoms with Gasteiger partial charge in [-0.3, -0.25) is 14.5 Å². The van der Waals surface area contributed by atoms with E-state index in [-0.39, 0.29) is 11.8 Å². The van der Waals surface area contributed by atoms with Gasteiger partial charge in [-0.15, -0.1) is 0 Å². The van der Waals surface area contributed by atoms with E-state index in [1.54, 1.807) is 32.4 Å². The molecule has 0 spiro atoms. The first kappa shape index (κ1) is 21.4. The molecular formula is C22H33N3O4. The third-order valence-corrected chi connectivity index (χ3v) is 6.07. The molecule has 160 valence electrons. The number of carbonyl (C=O) groups is 2. The zero-order valence-corrected chi connectivity index (χ0v) is 17.9. The summed E-state index contributed by atoms with van der Waals surface area (Å²) in [6, 6.07) is 5.63. The first-order chi connectivity index (χ1) is 14.1. The minimum absolute atomic E-state index is 0.0148. The molecule has 1 aromatic carbocycles. The van der Waals surface area contributed by atoms with Crippen molar-refractivity contribution in [3.05, 3.63) is 23.8 Å². The Kier molecular flexibility index (Phi) is 7.36. The number of benzene rings is 1. The van der Waals surface area contributed by atoms with Gasteiger partial charge in [-0.2, -0.15) is 0 Å². The average Bonchev–Trinajstić information content (AvgIpc) is 2.78. The quantitative estimate of drug-likeness (QED) is 0.729. The van der Waals surface area contributed by atoms with Crippen molar-refractivity contribution in [3.8, 4) is 11.5 Å². The second-order valence-corrected chi connectivity index (χ2v) is 7.78. The van der Waals surface area contributed by atoms with E-state index in [2.05, 4.69) is 16.7 Å². The van der Waals surface area contributed by atoms with Crippen molar-refractivity contribution in [1.29, 1.82) is 0 Å². The third kappa shape index (κ3) is 5.01. The van der Waals surface area contributed by atoms with E-state index in [0.29, 0.717) is 42.7 Å². The van der Waals surface area contributed by atoms with Gasteiger partial charge in [0.25, 0.3) is 5.91 Å². The molecule has 0 aliphatic carbocycles. The minimum Gasteiger partial charge on any atom is -0.493 e. The second kappa shape index (κ2) is 9.96. The number of ether oxygens (including phenoxy) is 2. The van der Waals surface area contributed by atoms with Crippen molar-refractivity contribution in [1.82, 2.24) is 14.7 Å². The van der Waals surface area contributed by atoms with Crippen molar-refractivity contribution in [2.75, 3.05) is 53.5 Å². The normalized spacial score (nSPS) is 20.4. The van der Waals surface area contributed by atoms with Crippen LogP contribution in [0, 0.1) is 0 Å². The highest BCUT2D eigenvalue weighted by atomic mass is 16.5. The molecule has 2 aliphatic heterocycles. The maximum absolute atomic E-state index is 12.9. The highest BCUT2D eigenvalue weighted by Crippen LogP contribution is 2.28. The first-order valence-corrected chi connectivity index (χ1v) is 10.6. The largest absolute Gasteiger partial charge is 0.493 e. The molecule has 7 heteroatoms. The Morgan fingerprint density at radius 2 is 1.72 bits per heavy atom. The molecular weight excluding hydrogens is 370 g/mol. The Morgan fingerprint density at radius 1 is 1.00 bits per heavy atom. The molecule has 29 heavy (non-hydrogen) atoms. The summed E-state index contributed by atoms with van der Waals surface area (Å²) in [5.41, 5.74) is 0.589. The molecule has 1 atom stereocenters. The lowest BCUT2D eigenvalue weighted by Crippen LogP contribution is -2.53. The lowest BCUT2D eigenvalue weighted by molar-refractivity contribution is -0.136. The monoisotopic (exact) mass is 403 g/mol. The van der Waals surface area contributed by atoms with Crippen molar-refractivity contribution in [2.24, 2.45) is 0 Å². The molecule has 2 fully saturated rings. The fourth-order valence-electron chi connectivity index (χ4n) is 4.30. The van der Waals surface area contributed by atoms with Crippen LogP contribution in [0.3, 0.4) is 0 Å². The minimum atomic E-state index is -0.0148. The standard InChI is InChI=1S/C22H33N3O4/c1-4-18-7-5-6-10-25(18)21(26)16-23-11-13-24(14-12-23)22(27)17-8-9-19(28-2)20(15-17)29-3/h8-9,15,18H,4-7,10-14,16H2,1-3H3. The lowest BCUT2D eigenvalue weighted by Gasteiger charge is -2.39. The van der Waals surface area contributed by atoms with Crippen LogP contribution < -0.4 is 9.47 Å². The molecule has 0 bridgehead atoms. The summed E-state index contributed by atoms with van der Waals surface area (Å²) in [4.78, 5) is 31.7.